The summed E-state index contributed by atoms with van der Waals surface area (Å²) in [6.07, 6.45) is 1.97. The van der Waals surface area contributed by atoms with Crippen LogP contribution in [0.1, 0.15) is 23.2 Å². The molecule has 1 unspecified atom stereocenters. The molecule has 116 valence electrons. The summed E-state index contributed by atoms with van der Waals surface area (Å²) in [4.78, 5) is 10.9. The first-order chi connectivity index (χ1) is 9.94. The maximum absolute atomic E-state index is 12.0. The number of carbonyl (C=O) groups is 1. The molecule has 0 saturated carbocycles. The number of anilines is 1. The van der Waals surface area contributed by atoms with Gasteiger partial charge in [0.15, 0.2) is 0 Å². The number of nitrogens with one attached hydrogen (secondary N) is 2. The van der Waals surface area contributed by atoms with Gasteiger partial charge >= 0.3 is 5.97 Å². The van der Waals surface area contributed by atoms with Crippen LogP contribution in [0.3, 0.4) is 0 Å². The SMILES string of the molecule is CNS(=O)(=O)c1cc(C(=O)O)ccc1NCC1CCCO1. The molecule has 7 nitrogen and oxygen atoms in total. The Morgan fingerprint density at radius 1 is 1.48 bits per heavy atom. The van der Waals surface area contributed by atoms with Crippen molar-refractivity contribution in [3.63, 3.8) is 0 Å². The smallest absolute Gasteiger partial charge is 0.335 e. The van der Waals surface area contributed by atoms with Gasteiger partial charge < -0.3 is 15.2 Å². The van der Waals surface area contributed by atoms with Gasteiger partial charge in [-0.25, -0.2) is 17.9 Å². The maximum atomic E-state index is 12.0. The lowest BCUT2D eigenvalue weighted by Crippen LogP contribution is -2.23. The fourth-order valence-corrected chi connectivity index (χ4v) is 3.09. The van der Waals surface area contributed by atoms with Gasteiger partial charge in [-0.1, -0.05) is 0 Å². The third kappa shape index (κ3) is 3.72. The zero-order valence-corrected chi connectivity index (χ0v) is 12.4. The van der Waals surface area contributed by atoms with E-state index in [1.54, 1.807) is 0 Å². The summed E-state index contributed by atoms with van der Waals surface area (Å²) in [5.41, 5.74) is 0.288. The van der Waals surface area contributed by atoms with Gasteiger partial charge in [-0.05, 0) is 38.1 Å². The number of benzene rings is 1. The fraction of sp³-hybridized carbons (Fsp3) is 0.462. The van der Waals surface area contributed by atoms with Crippen molar-refractivity contribution < 1.29 is 23.1 Å². The standard InChI is InChI=1S/C13H18N2O5S/c1-14-21(18,19)12-7-9(13(16)17)4-5-11(12)15-8-10-3-2-6-20-10/h4-5,7,10,14-15H,2-3,6,8H2,1H3,(H,16,17). The van der Waals surface area contributed by atoms with Gasteiger partial charge in [0.1, 0.15) is 4.90 Å². The zero-order valence-electron chi connectivity index (χ0n) is 11.6. The first-order valence-electron chi connectivity index (χ1n) is 6.60. The van der Waals surface area contributed by atoms with E-state index in [9.17, 15) is 13.2 Å². The Hall–Kier alpha value is -1.64. The van der Waals surface area contributed by atoms with E-state index in [1.807, 2.05) is 0 Å². The lowest BCUT2D eigenvalue weighted by Gasteiger charge is -2.15. The van der Waals surface area contributed by atoms with Gasteiger partial charge in [-0.3, -0.25) is 0 Å². The highest BCUT2D eigenvalue weighted by atomic mass is 32.2. The van der Waals surface area contributed by atoms with Gasteiger partial charge in [0.05, 0.1) is 17.4 Å². The second-order valence-corrected chi connectivity index (χ2v) is 6.59. The van der Waals surface area contributed by atoms with Crippen molar-refractivity contribution in [1.82, 2.24) is 4.72 Å². The van der Waals surface area contributed by atoms with E-state index < -0.39 is 16.0 Å². The second kappa shape index (κ2) is 6.42. The number of sulfonamides is 1. The van der Waals surface area contributed by atoms with Crippen molar-refractivity contribution in [3.8, 4) is 0 Å². The normalized spacial score (nSPS) is 18.6. The lowest BCUT2D eigenvalue weighted by molar-refractivity contribution is 0.0696. The summed E-state index contributed by atoms with van der Waals surface area (Å²) in [6, 6.07) is 3.98. The largest absolute Gasteiger partial charge is 0.478 e. The Morgan fingerprint density at radius 2 is 2.24 bits per heavy atom. The molecule has 1 atom stereocenters. The van der Waals surface area contributed by atoms with E-state index in [-0.39, 0.29) is 16.6 Å². The second-order valence-electron chi connectivity index (χ2n) is 4.74. The molecule has 1 fully saturated rings. The Balaban J connectivity index is 2.28. The molecular formula is C13H18N2O5S. The van der Waals surface area contributed by atoms with Crippen LogP contribution in [0.2, 0.25) is 0 Å². The van der Waals surface area contributed by atoms with E-state index in [0.29, 0.717) is 18.8 Å². The Labute approximate surface area is 123 Å². The Bertz CT molecular complexity index is 623. The molecule has 1 aromatic carbocycles. The summed E-state index contributed by atoms with van der Waals surface area (Å²) in [6.45, 7) is 1.20. The summed E-state index contributed by atoms with van der Waals surface area (Å²) in [7, 11) is -2.46. The van der Waals surface area contributed by atoms with E-state index >= 15 is 0 Å². The van der Waals surface area contributed by atoms with Gasteiger partial charge in [0.25, 0.3) is 0 Å². The van der Waals surface area contributed by atoms with Gasteiger partial charge in [-0.2, -0.15) is 0 Å². The van der Waals surface area contributed by atoms with Crippen LogP contribution in [-0.4, -0.2) is 45.8 Å². The molecule has 1 saturated heterocycles. The number of carboxylic acid groups (broad SMARTS) is 1. The summed E-state index contributed by atoms with van der Waals surface area (Å²) < 4.78 is 31.7. The van der Waals surface area contributed by atoms with E-state index in [1.165, 1.54) is 19.2 Å². The highest BCUT2D eigenvalue weighted by molar-refractivity contribution is 7.89. The van der Waals surface area contributed by atoms with Crippen molar-refractivity contribution >= 4 is 21.7 Å². The number of hydrogen-bond donors (Lipinski definition) is 3. The number of ether oxygens (including phenoxy) is 1. The molecule has 0 amide bonds. The molecule has 0 bridgehead atoms. The molecule has 1 heterocycles. The van der Waals surface area contributed by atoms with Crippen molar-refractivity contribution in [1.29, 1.82) is 0 Å². The molecule has 0 spiro atoms. The van der Waals surface area contributed by atoms with Crippen molar-refractivity contribution in [2.24, 2.45) is 0 Å². The van der Waals surface area contributed by atoms with Crippen LogP contribution in [0.4, 0.5) is 5.69 Å². The van der Waals surface area contributed by atoms with Gasteiger partial charge in [-0.15, -0.1) is 0 Å². The molecule has 0 radical (unpaired) electrons. The van der Waals surface area contributed by atoms with E-state index in [0.717, 1.165) is 18.9 Å². The van der Waals surface area contributed by atoms with Gasteiger partial charge in [0, 0.05) is 13.2 Å². The van der Waals surface area contributed by atoms with E-state index in [4.69, 9.17) is 9.84 Å². The van der Waals surface area contributed by atoms with Crippen molar-refractivity contribution in [2.75, 3.05) is 25.5 Å². The molecule has 21 heavy (non-hydrogen) atoms. The summed E-state index contributed by atoms with van der Waals surface area (Å²) >= 11 is 0. The van der Waals surface area contributed by atoms with Crippen molar-refractivity contribution in [2.45, 2.75) is 23.8 Å². The molecule has 8 heteroatoms. The summed E-state index contributed by atoms with van der Waals surface area (Å²) in [5.74, 6) is -1.17. The van der Waals surface area contributed by atoms with Crippen LogP contribution in [0.25, 0.3) is 0 Å². The monoisotopic (exact) mass is 314 g/mol. The average Bonchev–Trinajstić information content (AvgIpc) is 2.98. The van der Waals surface area contributed by atoms with Crippen LogP contribution in [0, 0.1) is 0 Å². The Morgan fingerprint density at radius 3 is 2.81 bits per heavy atom. The summed E-state index contributed by atoms with van der Waals surface area (Å²) in [5, 5.41) is 12.0. The molecule has 2 rings (SSSR count). The van der Waals surface area contributed by atoms with Crippen LogP contribution < -0.4 is 10.0 Å². The van der Waals surface area contributed by atoms with Crippen LogP contribution in [0.15, 0.2) is 23.1 Å². The molecule has 1 aromatic rings. The van der Waals surface area contributed by atoms with Gasteiger partial charge in [0.2, 0.25) is 10.0 Å². The predicted octanol–water partition coefficient (Wildman–Crippen LogP) is 0.884. The van der Waals surface area contributed by atoms with E-state index in [2.05, 4.69) is 10.0 Å². The minimum absolute atomic E-state index is 0.0503. The number of hydrogen-bond acceptors (Lipinski definition) is 5. The van der Waals surface area contributed by atoms with Crippen LogP contribution in [-0.2, 0) is 14.8 Å². The predicted molar refractivity (Wildman–Crippen MR) is 77.1 cm³/mol. The van der Waals surface area contributed by atoms with Crippen molar-refractivity contribution in [3.05, 3.63) is 23.8 Å². The minimum Gasteiger partial charge on any atom is -0.478 e. The molecule has 1 aliphatic heterocycles. The minimum atomic E-state index is -3.75. The molecule has 0 aliphatic carbocycles. The number of carboxylic acids is 1. The zero-order chi connectivity index (χ0) is 15.5. The molecule has 1 aliphatic rings. The quantitative estimate of drug-likeness (QED) is 0.720. The highest BCUT2D eigenvalue weighted by Crippen LogP contribution is 2.23. The molecule has 0 aromatic heterocycles. The Kier molecular flexibility index (Phi) is 4.81. The third-order valence-corrected chi connectivity index (χ3v) is 4.79. The first kappa shape index (κ1) is 15.7. The first-order valence-corrected chi connectivity index (χ1v) is 8.08. The number of rotatable bonds is 6. The third-order valence-electron chi connectivity index (χ3n) is 3.33. The maximum Gasteiger partial charge on any atom is 0.335 e. The highest BCUT2D eigenvalue weighted by Gasteiger charge is 2.21. The molecular weight excluding hydrogens is 296 g/mol. The fourth-order valence-electron chi connectivity index (χ4n) is 2.16. The number of aromatic carboxylic acids is 1. The molecule has 3 N–H and O–H groups in total. The lowest BCUT2D eigenvalue weighted by atomic mass is 10.2. The topological polar surface area (TPSA) is 105 Å². The average molecular weight is 314 g/mol. The van der Waals surface area contributed by atoms with Crippen LogP contribution in [0.5, 0.6) is 0 Å². The van der Waals surface area contributed by atoms with Crippen LogP contribution >= 0.6 is 0 Å².